The van der Waals surface area contributed by atoms with Gasteiger partial charge >= 0.3 is 0 Å². The van der Waals surface area contributed by atoms with Crippen molar-refractivity contribution in [1.82, 2.24) is 8.96 Å². The van der Waals surface area contributed by atoms with Gasteiger partial charge in [-0.2, -0.15) is 0 Å². The lowest BCUT2D eigenvalue weighted by molar-refractivity contribution is 0.590. The molecule has 0 saturated carbocycles. The predicted molar refractivity (Wildman–Crippen MR) is 49.8 cm³/mol. The van der Waals surface area contributed by atoms with E-state index in [1.807, 2.05) is 0 Å². The van der Waals surface area contributed by atoms with Crippen molar-refractivity contribution in [3.63, 3.8) is 0 Å². The average Bonchev–Trinajstić information content (AvgIpc) is 2.47. The van der Waals surface area contributed by atoms with Crippen molar-refractivity contribution in [2.24, 2.45) is 5.73 Å². The first-order valence-electron chi connectivity index (χ1n) is 3.97. The fraction of sp³-hybridized carbons (Fsp3) is 0.571. The van der Waals surface area contributed by atoms with Crippen molar-refractivity contribution in [1.29, 1.82) is 0 Å². The van der Waals surface area contributed by atoms with Crippen molar-refractivity contribution < 1.29 is 8.42 Å². The van der Waals surface area contributed by atoms with Gasteiger partial charge in [0.25, 0.3) is 0 Å². The van der Waals surface area contributed by atoms with Gasteiger partial charge in [-0.05, 0) is 19.4 Å². The molecule has 13 heavy (non-hydrogen) atoms. The summed E-state index contributed by atoms with van der Waals surface area (Å²) in [5.74, 6) is 0. The molecule has 0 atom stereocenters. The molecule has 0 aliphatic rings. The third-order valence-corrected chi connectivity index (χ3v) is 2.72. The molecule has 5 nitrogen and oxygen atoms in total. The number of hydrogen-bond acceptors (Lipinski definition) is 4. The van der Waals surface area contributed by atoms with Crippen LogP contribution in [0.2, 0.25) is 0 Å². The molecule has 0 aliphatic heterocycles. The second kappa shape index (κ2) is 3.89. The summed E-state index contributed by atoms with van der Waals surface area (Å²) < 4.78 is 23.5. The van der Waals surface area contributed by atoms with E-state index >= 15 is 0 Å². The molecule has 2 N–H and O–H groups in total. The zero-order valence-electron chi connectivity index (χ0n) is 7.47. The standard InChI is InChI=1S/C7H13N3O2S/c1-13(11,12)10-6-9-5-7(10)3-2-4-8/h5-6H,2-4,8H2,1H3. The van der Waals surface area contributed by atoms with Crippen LogP contribution in [0.4, 0.5) is 0 Å². The van der Waals surface area contributed by atoms with Crippen LogP contribution in [0, 0.1) is 0 Å². The topological polar surface area (TPSA) is 78.0 Å². The summed E-state index contributed by atoms with van der Waals surface area (Å²) in [5.41, 5.74) is 6.01. The third kappa shape index (κ3) is 2.53. The maximum atomic E-state index is 11.2. The number of rotatable bonds is 4. The van der Waals surface area contributed by atoms with E-state index in [9.17, 15) is 8.42 Å². The number of imidazole rings is 1. The van der Waals surface area contributed by atoms with E-state index < -0.39 is 10.0 Å². The Balaban J connectivity index is 2.90. The van der Waals surface area contributed by atoms with Crippen LogP contribution in [0.1, 0.15) is 12.1 Å². The predicted octanol–water partition coefficient (Wildman–Crippen LogP) is -0.418. The van der Waals surface area contributed by atoms with Gasteiger partial charge in [0.1, 0.15) is 6.33 Å². The second-order valence-electron chi connectivity index (χ2n) is 2.84. The van der Waals surface area contributed by atoms with Gasteiger partial charge in [0.2, 0.25) is 10.0 Å². The zero-order chi connectivity index (χ0) is 9.90. The SMILES string of the molecule is CS(=O)(=O)n1cncc1CCCN. The van der Waals surface area contributed by atoms with Gasteiger partial charge in [-0.1, -0.05) is 0 Å². The van der Waals surface area contributed by atoms with Crippen LogP contribution in [0.3, 0.4) is 0 Å². The quantitative estimate of drug-likeness (QED) is 0.721. The maximum Gasteiger partial charge on any atom is 0.237 e. The van der Waals surface area contributed by atoms with Crippen molar-refractivity contribution in [3.8, 4) is 0 Å². The lowest BCUT2D eigenvalue weighted by Crippen LogP contribution is -2.13. The van der Waals surface area contributed by atoms with Gasteiger partial charge in [-0.3, -0.25) is 0 Å². The summed E-state index contributed by atoms with van der Waals surface area (Å²) in [4.78, 5) is 3.78. The first-order chi connectivity index (χ1) is 6.05. The molecule has 1 aromatic heterocycles. The fourth-order valence-electron chi connectivity index (χ4n) is 1.07. The van der Waals surface area contributed by atoms with Gasteiger partial charge in [0.05, 0.1) is 11.9 Å². The Labute approximate surface area is 77.6 Å². The number of hydrogen-bond donors (Lipinski definition) is 1. The van der Waals surface area contributed by atoms with Gasteiger partial charge in [0.15, 0.2) is 0 Å². The summed E-state index contributed by atoms with van der Waals surface area (Å²) in [6, 6.07) is 0. The number of nitrogens with two attached hydrogens (primary N) is 1. The molecule has 0 bridgehead atoms. The molecule has 0 radical (unpaired) electrons. The Bertz CT molecular complexity index is 369. The Morgan fingerprint density at radius 2 is 2.31 bits per heavy atom. The van der Waals surface area contributed by atoms with E-state index in [1.165, 1.54) is 10.3 Å². The van der Waals surface area contributed by atoms with Crippen LogP contribution in [0.5, 0.6) is 0 Å². The first kappa shape index (κ1) is 10.2. The van der Waals surface area contributed by atoms with E-state index in [1.54, 1.807) is 6.20 Å². The molecule has 0 aliphatic carbocycles. The number of nitrogens with zero attached hydrogens (tertiary/aromatic N) is 2. The molecule has 74 valence electrons. The zero-order valence-corrected chi connectivity index (χ0v) is 8.29. The smallest absolute Gasteiger partial charge is 0.237 e. The molecule has 1 heterocycles. The summed E-state index contributed by atoms with van der Waals surface area (Å²) in [6.45, 7) is 0.551. The number of aryl methyl sites for hydroxylation is 1. The van der Waals surface area contributed by atoms with Gasteiger partial charge < -0.3 is 5.73 Å². The number of aromatic nitrogens is 2. The lowest BCUT2D eigenvalue weighted by atomic mass is 10.2. The van der Waals surface area contributed by atoms with E-state index in [0.717, 1.165) is 12.7 Å². The minimum atomic E-state index is -3.21. The molecule has 6 heteroatoms. The largest absolute Gasteiger partial charge is 0.330 e. The van der Waals surface area contributed by atoms with E-state index in [-0.39, 0.29) is 0 Å². The Hall–Kier alpha value is -0.880. The van der Waals surface area contributed by atoms with E-state index in [0.29, 0.717) is 18.7 Å². The Morgan fingerprint density at radius 1 is 1.62 bits per heavy atom. The molecule has 0 fully saturated rings. The molecule has 1 aromatic rings. The average molecular weight is 203 g/mol. The van der Waals surface area contributed by atoms with Gasteiger partial charge in [-0.25, -0.2) is 17.4 Å². The Kier molecular flexibility index (Phi) is 3.05. The molecule has 1 rings (SSSR count). The molecule has 0 aromatic carbocycles. The highest BCUT2D eigenvalue weighted by atomic mass is 32.2. The summed E-state index contributed by atoms with van der Waals surface area (Å²) in [6.07, 6.45) is 5.42. The van der Waals surface area contributed by atoms with Crippen LogP contribution in [0.25, 0.3) is 0 Å². The lowest BCUT2D eigenvalue weighted by Gasteiger charge is -2.03. The summed E-state index contributed by atoms with van der Waals surface area (Å²) in [5, 5.41) is 0. The molecule has 0 unspecified atom stereocenters. The summed E-state index contributed by atoms with van der Waals surface area (Å²) in [7, 11) is -3.21. The van der Waals surface area contributed by atoms with Crippen LogP contribution >= 0.6 is 0 Å². The molecule has 0 saturated heterocycles. The molecular formula is C7H13N3O2S. The monoisotopic (exact) mass is 203 g/mol. The molecule has 0 spiro atoms. The van der Waals surface area contributed by atoms with Crippen molar-refractivity contribution >= 4 is 10.0 Å². The normalized spacial score (nSPS) is 11.8. The van der Waals surface area contributed by atoms with Crippen LogP contribution in [-0.2, 0) is 16.4 Å². The fourth-order valence-corrected chi connectivity index (χ4v) is 1.86. The highest BCUT2D eigenvalue weighted by molar-refractivity contribution is 7.89. The minimum Gasteiger partial charge on any atom is -0.330 e. The van der Waals surface area contributed by atoms with Crippen molar-refractivity contribution in [2.75, 3.05) is 12.8 Å². The third-order valence-electron chi connectivity index (χ3n) is 1.67. The minimum absolute atomic E-state index is 0.551. The maximum absolute atomic E-state index is 11.2. The Morgan fingerprint density at radius 3 is 2.85 bits per heavy atom. The van der Waals surface area contributed by atoms with Crippen molar-refractivity contribution in [3.05, 3.63) is 18.2 Å². The van der Waals surface area contributed by atoms with E-state index in [2.05, 4.69) is 4.98 Å². The highest BCUT2D eigenvalue weighted by Gasteiger charge is 2.09. The van der Waals surface area contributed by atoms with Crippen LogP contribution in [0.15, 0.2) is 12.5 Å². The first-order valence-corrected chi connectivity index (χ1v) is 5.82. The molecule has 0 amide bonds. The highest BCUT2D eigenvalue weighted by Crippen LogP contribution is 2.05. The van der Waals surface area contributed by atoms with Gasteiger partial charge in [-0.15, -0.1) is 0 Å². The van der Waals surface area contributed by atoms with Crippen LogP contribution < -0.4 is 5.73 Å². The summed E-state index contributed by atoms with van der Waals surface area (Å²) >= 11 is 0. The van der Waals surface area contributed by atoms with Crippen LogP contribution in [-0.4, -0.2) is 30.2 Å². The van der Waals surface area contributed by atoms with E-state index in [4.69, 9.17) is 5.73 Å². The van der Waals surface area contributed by atoms with Crippen molar-refractivity contribution in [2.45, 2.75) is 12.8 Å². The van der Waals surface area contributed by atoms with Gasteiger partial charge in [0, 0.05) is 6.20 Å². The molecular weight excluding hydrogens is 190 g/mol. The second-order valence-corrected chi connectivity index (χ2v) is 4.70.